The van der Waals surface area contributed by atoms with Crippen LogP contribution in [0.15, 0.2) is 0 Å². The minimum Gasteiger partial charge on any atom is -0.481 e. The van der Waals surface area contributed by atoms with Crippen molar-refractivity contribution in [3.8, 4) is 0 Å². The third kappa shape index (κ3) is 10.6. The number of hydrogen-bond donors (Lipinski definition) is 9. The lowest BCUT2D eigenvalue weighted by Gasteiger charge is -2.25. The lowest BCUT2D eigenvalue weighted by Crippen LogP contribution is -2.60. The van der Waals surface area contributed by atoms with E-state index in [9.17, 15) is 33.9 Å². The topological polar surface area (TPSA) is 245 Å². The summed E-state index contributed by atoms with van der Waals surface area (Å²) in [5.41, 5.74) is 5.54. The molecule has 0 bridgehead atoms. The van der Waals surface area contributed by atoms with Crippen molar-refractivity contribution in [1.29, 1.82) is 0 Å². The van der Waals surface area contributed by atoms with Crippen molar-refractivity contribution in [2.24, 2.45) is 5.73 Å². The Bertz CT molecular complexity index is 702. The maximum Gasteiger partial charge on any atom is 0.326 e. The highest BCUT2D eigenvalue weighted by atomic mass is 32.1. The Labute approximate surface area is 182 Å². The molecule has 15 heteroatoms. The van der Waals surface area contributed by atoms with Crippen molar-refractivity contribution in [3.63, 3.8) is 0 Å². The molecule has 0 aromatic rings. The normalized spacial score (nSPS) is 15.5. The summed E-state index contributed by atoms with van der Waals surface area (Å²) in [7, 11) is 0. The van der Waals surface area contributed by atoms with Crippen LogP contribution in [0, 0.1) is 0 Å². The average molecular weight is 466 g/mol. The van der Waals surface area contributed by atoms with Gasteiger partial charge in [0.15, 0.2) is 0 Å². The van der Waals surface area contributed by atoms with E-state index in [-0.39, 0.29) is 12.2 Å². The number of carboxylic acid groups (broad SMARTS) is 3. The molecule has 9 N–H and O–H groups in total. The molecular formula is C16H26N4O10S. The van der Waals surface area contributed by atoms with Gasteiger partial charge in [0.1, 0.15) is 18.1 Å². The second-order valence-electron chi connectivity index (χ2n) is 6.51. The molecule has 0 aliphatic rings. The van der Waals surface area contributed by atoms with Crippen molar-refractivity contribution in [3.05, 3.63) is 0 Å². The molecule has 0 spiro atoms. The van der Waals surface area contributed by atoms with Crippen LogP contribution in [0.3, 0.4) is 0 Å². The molecule has 0 aliphatic carbocycles. The first-order chi connectivity index (χ1) is 14.3. The van der Waals surface area contributed by atoms with Crippen molar-refractivity contribution in [1.82, 2.24) is 16.0 Å². The predicted molar refractivity (Wildman–Crippen MR) is 106 cm³/mol. The summed E-state index contributed by atoms with van der Waals surface area (Å²) in [4.78, 5) is 69.0. The molecule has 0 radical (unpaired) electrons. The zero-order valence-corrected chi connectivity index (χ0v) is 17.4. The molecule has 0 fully saturated rings. The van der Waals surface area contributed by atoms with Gasteiger partial charge in [-0.15, -0.1) is 0 Å². The highest BCUT2D eigenvalue weighted by Gasteiger charge is 2.32. The van der Waals surface area contributed by atoms with Gasteiger partial charge in [0.05, 0.1) is 18.6 Å². The zero-order chi connectivity index (χ0) is 24.3. The quantitative estimate of drug-likeness (QED) is 0.114. The summed E-state index contributed by atoms with van der Waals surface area (Å²) in [6.07, 6.45) is -2.98. The highest BCUT2D eigenvalue weighted by molar-refractivity contribution is 7.80. The van der Waals surface area contributed by atoms with Crippen LogP contribution in [0.1, 0.15) is 26.2 Å². The number of aliphatic carboxylic acids is 3. The molecule has 14 nitrogen and oxygen atoms in total. The first-order valence-corrected chi connectivity index (χ1v) is 9.55. The van der Waals surface area contributed by atoms with E-state index in [2.05, 4.69) is 23.3 Å². The number of carbonyl (C=O) groups excluding carboxylic acids is 3. The van der Waals surface area contributed by atoms with Gasteiger partial charge in [-0.3, -0.25) is 24.0 Å². The van der Waals surface area contributed by atoms with Gasteiger partial charge in [-0.2, -0.15) is 12.6 Å². The molecule has 5 atom stereocenters. The molecule has 0 saturated carbocycles. The standard InChI is InChI=1S/C16H26N4O10S/c1-6(21)12(20-13(26)7(17)2-3-10(22)23)15(28)19-9(5-31)14(27)18-8(16(29)30)4-11(24)25/h6-9,12,21,31H,2-5,17H2,1H3,(H,18,27)(H,19,28)(H,20,26)(H,22,23)(H,24,25)(H,29,30). The van der Waals surface area contributed by atoms with Crippen molar-refractivity contribution >= 4 is 48.3 Å². The maximum atomic E-state index is 12.4. The summed E-state index contributed by atoms with van der Waals surface area (Å²) in [6, 6.07) is -6.04. The van der Waals surface area contributed by atoms with Crippen molar-refractivity contribution < 1.29 is 49.2 Å². The van der Waals surface area contributed by atoms with Gasteiger partial charge < -0.3 is 42.1 Å². The molecule has 31 heavy (non-hydrogen) atoms. The molecule has 0 aromatic carbocycles. The third-order valence-electron chi connectivity index (χ3n) is 3.88. The monoisotopic (exact) mass is 466 g/mol. The minimum absolute atomic E-state index is 0.225. The maximum absolute atomic E-state index is 12.4. The Hall–Kier alpha value is -2.91. The predicted octanol–water partition coefficient (Wildman–Crippen LogP) is -3.50. The number of carboxylic acids is 3. The van der Waals surface area contributed by atoms with E-state index < -0.39 is 78.7 Å². The smallest absolute Gasteiger partial charge is 0.326 e. The number of amides is 3. The molecule has 5 unspecified atom stereocenters. The van der Waals surface area contributed by atoms with E-state index >= 15 is 0 Å². The summed E-state index contributed by atoms with van der Waals surface area (Å²) in [5, 5.41) is 42.4. The molecule has 0 heterocycles. The van der Waals surface area contributed by atoms with Crippen LogP contribution in [0.2, 0.25) is 0 Å². The van der Waals surface area contributed by atoms with Gasteiger partial charge in [-0.05, 0) is 13.3 Å². The first-order valence-electron chi connectivity index (χ1n) is 8.92. The lowest BCUT2D eigenvalue weighted by molar-refractivity contribution is -0.147. The molecule has 0 rings (SSSR count). The fourth-order valence-corrected chi connectivity index (χ4v) is 2.44. The summed E-state index contributed by atoms with van der Waals surface area (Å²) in [5.74, 6) is -7.59. The van der Waals surface area contributed by atoms with Gasteiger partial charge >= 0.3 is 17.9 Å². The average Bonchev–Trinajstić information content (AvgIpc) is 2.66. The fourth-order valence-electron chi connectivity index (χ4n) is 2.18. The van der Waals surface area contributed by atoms with Crippen LogP contribution in [-0.2, 0) is 28.8 Å². The fraction of sp³-hybridized carbons (Fsp3) is 0.625. The van der Waals surface area contributed by atoms with Gasteiger partial charge in [0.25, 0.3) is 0 Å². The van der Waals surface area contributed by atoms with Crippen LogP contribution in [0.5, 0.6) is 0 Å². The number of hydrogen-bond acceptors (Lipinski definition) is 9. The summed E-state index contributed by atoms with van der Waals surface area (Å²) >= 11 is 3.88. The Morgan fingerprint density at radius 2 is 1.42 bits per heavy atom. The van der Waals surface area contributed by atoms with E-state index in [4.69, 9.17) is 21.1 Å². The van der Waals surface area contributed by atoms with Gasteiger partial charge in [0, 0.05) is 12.2 Å². The van der Waals surface area contributed by atoms with Crippen LogP contribution < -0.4 is 21.7 Å². The van der Waals surface area contributed by atoms with E-state index in [1.807, 2.05) is 5.32 Å². The third-order valence-corrected chi connectivity index (χ3v) is 4.24. The van der Waals surface area contributed by atoms with Crippen molar-refractivity contribution in [2.45, 2.75) is 56.5 Å². The number of aliphatic hydroxyl groups is 1. The summed E-state index contributed by atoms with van der Waals surface area (Å²) < 4.78 is 0. The Kier molecular flexibility index (Phi) is 12.1. The highest BCUT2D eigenvalue weighted by Crippen LogP contribution is 2.01. The van der Waals surface area contributed by atoms with Crippen LogP contribution >= 0.6 is 12.6 Å². The number of rotatable bonds is 14. The molecule has 0 aliphatic heterocycles. The second kappa shape index (κ2) is 13.4. The van der Waals surface area contributed by atoms with Crippen LogP contribution in [0.4, 0.5) is 0 Å². The van der Waals surface area contributed by atoms with Gasteiger partial charge in [0.2, 0.25) is 17.7 Å². The Balaban J connectivity index is 5.15. The number of nitrogens with two attached hydrogens (primary N) is 1. The second-order valence-corrected chi connectivity index (χ2v) is 6.87. The lowest BCUT2D eigenvalue weighted by atomic mass is 10.1. The minimum atomic E-state index is -1.76. The van der Waals surface area contributed by atoms with E-state index in [0.717, 1.165) is 6.92 Å². The number of carbonyl (C=O) groups is 6. The molecule has 0 saturated heterocycles. The Morgan fingerprint density at radius 1 is 0.871 bits per heavy atom. The zero-order valence-electron chi connectivity index (χ0n) is 16.5. The molecule has 3 amide bonds. The number of thiol groups is 1. The van der Waals surface area contributed by atoms with Crippen molar-refractivity contribution in [2.75, 3.05) is 5.75 Å². The molecule has 0 aromatic heterocycles. The molecular weight excluding hydrogens is 440 g/mol. The van der Waals surface area contributed by atoms with Crippen LogP contribution in [-0.4, -0.2) is 92.1 Å². The summed E-state index contributed by atoms with van der Waals surface area (Å²) in [6.45, 7) is 1.16. The van der Waals surface area contributed by atoms with E-state index in [1.54, 1.807) is 0 Å². The van der Waals surface area contributed by atoms with Gasteiger partial charge in [-0.1, -0.05) is 0 Å². The number of aliphatic hydroxyl groups excluding tert-OH is 1. The SMILES string of the molecule is CC(O)C(NC(=O)C(N)CCC(=O)O)C(=O)NC(CS)C(=O)NC(CC(=O)O)C(=O)O. The van der Waals surface area contributed by atoms with Gasteiger partial charge in [-0.25, -0.2) is 4.79 Å². The Morgan fingerprint density at radius 3 is 1.84 bits per heavy atom. The largest absolute Gasteiger partial charge is 0.481 e. The van der Waals surface area contributed by atoms with E-state index in [0.29, 0.717) is 0 Å². The van der Waals surface area contributed by atoms with Crippen LogP contribution in [0.25, 0.3) is 0 Å². The first kappa shape index (κ1) is 28.1. The number of nitrogens with one attached hydrogen (secondary N) is 3. The molecule has 176 valence electrons. The van der Waals surface area contributed by atoms with E-state index in [1.165, 1.54) is 0 Å².